The van der Waals surface area contributed by atoms with Crippen molar-refractivity contribution < 1.29 is 33.5 Å². The van der Waals surface area contributed by atoms with Gasteiger partial charge in [0.25, 0.3) is 0 Å². The van der Waals surface area contributed by atoms with E-state index in [0.29, 0.717) is 0 Å². The van der Waals surface area contributed by atoms with Crippen LogP contribution in [0.2, 0.25) is 0 Å². The molecule has 0 radical (unpaired) electrons. The fraction of sp³-hybridized carbons (Fsp3) is 0.125. The summed E-state index contributed by atoms with van der Waals surface area (Å²) in [5, 5.41) is 17.4. The fourth-order valence-corrected chi connectivity index (χ4v) is 3.10. The number of carbonyl (C=O) groups is 2. The van der Waals surface area contributed by atoms with Crippen molar-refractivity contribution in [2.24, 2.45) is 0 Å². The van der Waals surface area contributed by atoms with E-state index < -0.39 is 36.0 Å². The molecule has 2 aromatic carbocycles. The second-order valence-electron chi connectivity index (χ2n) is 4.53. The Labute approximate surface area is 139 Å². The van der Waals surface area contributed by atoms with Gasteiger partial charge in [-0.2, -0.15) is 0 Å². The zero-order chi connectivity index (χ0) is 17.5. The second-order valence-corrected chi connectivity index (χ2v) is 5.94. The van der Waals surface area contributed by atoms with Gasteiger partial charge < -0.3 is 19.7 Å². The third-order valence-corrected chi connectivity index (χ3v) is 4.27. The van der Waals surface area contributed by atoms with Crippen LogP contribution in [0.25, 0.3) is 0 Å². The molecule has 0 saturated heterocycles. The number of hydrogen-bond acceptors (Lipinski definition) is 5. The Morgan fingerprint density at radius 2 is 1.17 bits per heavy atom. The van der Waals surface area contributed by atoms with Gasteiger partial charge in [-0.15, -0.1) is 0 Å². The Morgan fingerprint density at radius 3 is 1.54 bits per heavy atom. The molecule has 2 N–H and O–H groups in total. The van der Waals surface area contributed by atoms with Crippen molar-refractivity contribution >= 4 is 22.7 Å². The lowest BCUT2D eigenvalue weighted by atomic mass is 10.3. The van der Waals surface area contributed by atoms with Gasteiger partial charge in [0, 0.05) is 0 Å². The maximum Gasteiger partial charge on any atom is 0.341 e. The third kappa shape index (κ3) is 4.56. The van der Waals surface area contributed by atoms with Gasteiger partial charge >= 0.3 is 11.9 Å². The molecule has 0 aliphatic carbocycles. The summed E-state index contributed by atoms with van der Waals surface area (Å²) in [7, 11) is -1.74. The highest BCUT2D eigenvalue weighted by Crippen LogP contribution is 2.31. The van der Waals surface area contributed by atoms with E-state index >= 15 is 0 Å². The van der Waals surface area contributed by atoms with Crippen LogP contribution in [0.3, 0.4) is 0 Å². The van der Waals surface area contributed by atoms with Crippen LogP contribution < -0.4 is 9.47 Å². The molecule has 0 atom stereocenters. The predicted octanol–water partition coefficient (Wildman–Crippen LogP) is 1.78. The van der Waals surface area contributed by atoms with E-state index in [0.717, 1.165) is 0 Å². The number of hydrogen-bond donors (Lipinski definition) is 2. The van der Waals surface area contributed by atoms with E-state index in [1.807, 2.05) is 0 Å². The normalized spacial score (nSPS) is 10.4. The first-order valence-electron chi connectivity index (χ1n) is 6.78. The quantitative estimate of drug-likeness (QED) is 0.746. The van der Waals surface area contributed by atoms with Crippen LogP contribution in [0.5, 0.6) is 11.5 Å². The third-order valence-electron chi connectivity index (χ3n) is 2.80. The van der Waals surface area contributed by atoms with E-state index in [4.69, 9.17) is 19.7 Å². The molecule has 2 rings (SSSR count). The number of ether oxygens (including phenoxy) is 2. The summed E-state index contributed by atoms with van der Waals surface area (Å²) in [6.07, 6.45) is 0. The molecule has 0 aliphatic rings. The van der Waals surface area contributed by atoms with E-state index in [2.05, 4.69) is 0 Å². The average molecular weight is 350 g/mol. The Balaban J connectivity index is 2.32. The zero-order valence-electron chi connectivity index (χ0n) is 12.4. The van der Waals surface area contributed by atoms with E-state index in [9.17, 15) is 13.8 Å². The SMILES string of the molecule is O=C(O)COc1ccccc1S(=O)c1ccccc1OCC(=O)O. The number of benzene rings is 2. The molecule has 0 aromatic heterocycles. The maximum atomic E-state index is 12.8. The smallest absolute Gasteiger partial charge is 0.341 e. The molecule has 7 nitrogen and oxygen atoms in total. The van der Waals surface area contributed by atoms with Crippen LogP contribution in [0, 0.1) is 0 Å². The molecule has 0 aliphatic heterocycles. The summed E-state index contributed by atoms with van der Waals surface area (Å²) in [6.45, 7) is -1.13. The highest BCUT2D eigenvalue weighted by atomic mass is 32.2. The molecule has 126 valence electrons. The van der Waals surface area contributed by atoms with Crippen LogP contribution in [0.4, 0.5) is 0 Å². The second kappa shape index (κ2) is 8.11. The highest BCUT2D eigenvalue weighted by molar-refractivity contribution is 7.85. The molecular formula is C16H14O7S. The van der Waals surface area contributed by atoms with Gasteiger partial charge in [-0.25, -0.2) is 13.8 Å². The molecule has 0 unspecified atom stereocenters. The van der Waals surface area contributed by atoms with Crippen molar-refractivity contribution in [3.05, 3.63) is 48.5 Å². The Morgan fingerprint density at radius 1 is 0.792 bits per heavy atom. The number of carboxylic acid groups (broad SMARTS) is 2. The molecule has 24 heavy (non-hydrogen) atoms. The van der Waals surface area contributed by atoms with E-state index in [1.54, 1.807) is 36.4 Å². The number of para-hydroxylation sites is 2. The number of aliphatic carboxylic acids is 2. The summed E-state index contributed by atoms with van der Waals surface area (Å²) in [5.41, 5.74) is 0. The lowest BCUT2D eigenvalue weighted by Gasteiger charge is -2.12. The first kappa shape index (κ1) is 17.5. The minimum atomic E-state index is -1.74. The zero-order valence-corrected chi connectivity index (χ0v) is 13.2. The summed E-state index contributed by atoms with van der Waals surface area (Å²) in [4.78, 5) is 21.8. The van der Waals surface area contributed by atoms with Crippen molar-refractivity contribution in [2.75, 3.05) is 13.2 Å². The summed E-state index contributed by atoms with van der Waals surface area (Å²) < 4.78 is 23.1. The van der Waals surface area contributed by atoms with Gasteiger partial charge in [0.05, 0.1) is 20.6 Å². The molecule has 0 fully saturated rings. The van der Waals surface area contributed by atoms with Crippen LogP contribution in [0.15, 0.2) is 58.3 Å². The van der Waals surface area contributed by atoms with E-state index in [-0.39, 0.29) is 21.3 Å². The molecule has 0 saturated carbocycles. The standard InChI is InChI=1S/C16H14O7S/c17-15(18)9-22-11-5-1-3-7-13(11)24(21)14-8-4-2-6-12(14)23-10-16(19)20/h1-8H,9-10H2,(H,17,18)(H,19,20). The maximum absolute atomic E-state index is 12.8. The Kier molecular flexibility index (Phi) is 5.91. The molecule has 0 heterocycles. The molecular weight excluding hydrogens is 336 g/mol. The molecule has 8 heteroatoms. The lowest BCUT2D eigenvalue weighted by Crippen LogP contribution is -2.12. The number of rotatable bonds is 8. The topological polar surface area (TPSA) is 110 Å². The van der Waals surface area contributed by atoms with Crippen molar-refractivity contribution in [3.8, 4) is 11.5 Å². The lowest BCUT2D eigenvalue weighted by molar-refractivity contribution is -0.140. The van der Waals surface area contributed by atoms with Crippen LogP contribution in [-0.2, 0) is 20.4 Å². The van der Waals surface area contributed by atoms with Gasteiger partial charge in [-0.05, 0) is 24.3 Å². The first-order chi connectivity index (χ1) is 11.5. The summed E-state index contributed by atoms with van der Waals surface area (Å²) in [5.74, 6) is -1.96. The van der Waals surface area contributed by atoms with Gasteiger partial charge in [-0.1, -0.05) is 24.3 Å². The van der Waals surface area contributed by atoms with Crippen molar-refractivity contribution in [1.82, 2.24) is 0 Å². The van der Waals surface area contributed by atoms with Crippen LogP contribution >= 0.6 is 0 Å². The van der Waals surface area contributed by atoms with Gasteiger partial charge in [0.2, 0.25) is 0 Å². The largest absolute Gasteiger partial charge is 0.481 e. The van der Waals surface area contributed by atoms with Crippen molar-refractivity contribution in [2.45, 2.75) is 9.79 Å². The number of carboxylic acids is 2. The minimum absolute atomic E-state index is 0.172. The summed E-state index contributed by atoms with van der Waals surface area (Å²) >= 11 is 0. The highest BCUT2D eigenvalue weighted by Gasteiger charge is 2.18. The monoisotopic (exact) mass is 350 g/mol. The van der Waals surface area contributed by atoms with Crippen LogP contribution in [0.1, 0.15) is 0 Å². The van der Waals surface area contributed by atoms with Gasteiger partial charge in [0.15, 0.2) is 13.2 Å². The molecule has 0 spiro atoms. The minimum Gasteiger partial charge on any atom is -0.481 e. The Hall–Kier alpha value is -2.87. The van der Waals surface area contributed by atoms with Gasteiger partial charge in [-0.3, -0.25) is 0 Å². The first-order valence-corrected chi connectivity index (χ1v) is 7.93. The Bertz CT molecular complexity index is 709. The fourth-order valence-electron chi connectivity index (χ4n) is 1.84. The molecule has 2 aromatic rings. The average Bonchev–Trinajstić information content (AvgIpc) is 2.58. The molecule has 0 amide bonds. The summed E-state index contributed by atoms with van der Waals surface area (Å²) in [6, 6.07) is 12.6. The van der Waals surface area contributed by atoms with Gasteiger partial charge in [0.1, 0.15) is 11.5 Å². The predicted molar refractivity (Wildman–Crippen MR) is 83.8 cm³/mol. The van der Waals surface area contributed by atoms with Crippen molar-refractivity contribution in [3.63, 3.8) is 0 Å². The van der Waals surface area contributed by atoms with Crippen molar-refractivity contribution in [1.29, 1.82) is 0 Å². The molecule has 0 bridgehead atoms. The van der Waals surface area contributed by atoms with Crippen LogP contribution in [-0.4, -0.2) is 39.6 Å². The van der Waals surface area contributed by atoms with E-state index in [1.165, 1.54) is 12.1 Å².